The number of phenolic OH excluding ortho intramolecular Hbond substituents is 1. The first-order valence-electron chi connectivity index (χ1n) is 7.95. The number of aromatic hydroxyl groups is 1. The van der Waals surface area contributed by atoms with E-state index in [4.69, 9.17) is 5.11 Å². The second kappa shape index (κ2) is 13.5. The molecule has 1 aromatic rings. The van der Waals surface area contributed by atoms with Crippen molar-refractivity contribution in [3.63, 3.8) is 0 Å². The van der Waals surface area contributed by atoms with E-state index in [-0.39, 0.29) is 17.7 Å². The summed E-state index contributed by atoms with van der Waals surface area (Å²) in [5.74, 6) is 0.414. The van der Waals surface area contributed by atoms with E-state index in [1.807, 2.05) is 46.9 Å². The summed E-state index contributed by atoms with van der Waals surface area (Å²) in [6, 6.07) is 7.22. The fourth-order valence-electron chi connectivity index (χ4n) is 1.38. The van der Waals surface area contributed by atoms with E-state index >= 15 is 0 Å². The van der Waals surface area contributed by atoms with Crippen LogP contribution < -0.4 is 0 Å². The third-order valence-electron chi connectivity index (χ3n) is 2.73. The smallest absolute Gasteiger partial charge is 0.222 e. The molecule has 1 N–H and O–H groups in total. The average molecular weight is 295 g/mol. The molecule has 1 rings (SSSR count). The minimum atomic E-state index is 0.156. The molecule has 0 saturated heterocycles. The molecule has 0 heterocycles. The van der Waals surface area contributed by atoms with Gasteiger partial charge in [0.15, 0.2) is 0 Å². The maximum absolute atomic E-state index is 11.7. The summed E-state index contributed by atoms with van der Waals surface area (Å²) in [4.78, 5) is 13.5. The van der Waals surface area contributed by atoms with Crippen molar-refractivity contribution < 1.29 is 9.90 Å². The molecular weight excluding hydrogens is 262 g/mol. The monoisotopic (exact) mass is 295 g/mol. The highest BCUT2D eigenvalue weighted by molar-refractivity contribution is 5.76. The minimum absolute atomic E-state index is 0.156. The van der Waals surface area contributed by atoms with Crippen LogP contribution in [0.5, 0.6) is 5.75 Å². The Hall–Kier alpha value is -1.51. The second-order valence-electron chi connectivity index (χ2n) is 4.97. The molecule has 1 amide bonds. The van der Waals surface area contributed by atoms with Gasteiger partial charge in [0.05, 0.1) is 0 Å². The quantitative estimate of drug-likeness (QED) is 0.879. The fraction of sp³-hybridized carbons (Fsp3) is 0.611. The maximum Gasteiger partial charge on any atom is 0.222 e. The van der Waals surface area contributed by atoms with Crippen LogP contribution in [0.2, 0.25) is 0 Å². The summed E-state index contributed by atoms with van der Waals surface area (Å²) < 4.78 is 0. The van der Waals surface area contributed by atoms with Crippen LogP contribution in [0, 0.1) is 0 Å². The van der Waals surface area contributed by atoms with E-state index in [0.29, 0.717) is 6.42 Å². The first-order valence-corrected chi connectivity index (χ1v) is 7.95. The number of aryl methyl sites for hydroxylation is 1. The molecule has 3 heteroatoms. The van der Waals surface area contributed by atoms with E-state index in [1.165, 1.54) is 6.42 Å². The van der Waals surface area contributed by atoms with Gasteiger partial charge < -0.3 is 10.0 Å². The molecular formula is C18H33NO2. The largest absolute Gasteiger partial charge is 0.508 e. The number of rotatable bonds is 4. The predicted octanol–water partition coefficient (Wildman–Crippen LogP) is 4.63. The summed E-state index contributed by atoms with van der Waals surface area (Å²) in [5, 5.41) is 9.12. The molecule has 0 spiro atoms. The molecule has 0 aliphatic carbocycles. The Labute approximate surface area is 131 Å². The Bertz CT molecular complexity index is 358. The zero-order valence-electron chi connectivity index (χ0n) is 14.8. The Kier molecular flexibility index (Phi) is 14.0. The van der Waals surface area contributed by atoms with Gasteiger partial charge in [0.25, 0.3) is 0 Å². The van der Waals surface area contributed by atoms with Crippen molar-refractivity contribution in [2.75, 3.05) is 7.05 Å². The minimum Gasteiger partial charge on any atom is -0.508 e. The standard InChI is InChI=1S/C13H19NO2.C3H8.C2H6/c1-10(2)14(3)13(16)9-6-11-4-7-12(15)8-5-11;1-3-2;1-2/h4-5,7-8,10,15H,6,9H2,1-3H3;3H2,1-2H3;1-2H3. The molecule has 3 nitrogen and oxygen atoms in total. The molecule has 0 saturated carbocycles. The van der Waals surface area contributed by atoms with Gasteiger partial charge in [0, 0.05) is 19.5 Å². The summed E-state index contributed by atoms with van der Waals surface area (Å²) >= 11 is 0. The second-order valence-corrected chi connectivity index (χ2v) is 4.97. The van der Waals surface area contributed by atoms with E-state index in [9.17, 15) is 4.79 Å². The van der Waals surface area contributed by atoms with Gasteiger partial charge >= 0.3 is 0 Å². The lowest BCUT2D eigenvalue weighted by Crippen LogP contribution is -2.33. The van der Waals surface area contributed by atoms with Crippen molar-refractivity contribution in [2.24, 2.45) is 0 Å². The number of carbonyl (C=O) groups excluding carboxylic acids is 1. The Morgan fingerprint density at radius 3 is 1.95 bits per heavy atom. The Morgan fingerprint density at radius 1 is 1.14 bits per heavy atom. The molecule has 0 atom stereocenters. The SMILES string of the molecule is CC.CC(C)N(C)C(=O)CCc1ccc(O)cc1.CCC. The lowest BCUT2D eigenvalue weighted by atomic mass is 10.1. The van der Waals surface area contributed by atoms with Gasteiger partial charge in [-0.25, -0.2) is 0 Å². The number of nitrogens with zero attached hydrogens (tertiary/aromatic N) is 1. The molecule has 1 aromatic carbocycles. The van der Waals surface area contributed by atoms with E-state index in [0.717, 1.165) is 12.0 Å². The average Bonchev–Trinajstić information content (AvgIpc) is 2.48. The van der Waals surface area contributed by atoms with Crippen LogP contribution in [0.1, 0.15) is 59.9 Å². The highest BCUT2D eigenvalue weighted by Gasteiger charge is 2.11. The summed E-state index contributed by atoms with van der Waals surface area (Å²) in [7, 11) is 1.82. The molecule has 0 aliphatic heterocycles. The van der Waals surface area contributed by atoms with E-state index < -0.39 is 0 Å². The number of benzene rings is 1. The van der Waals surface area contributed by atoms with Crippen LogP contribution in [0.4, 0.5) is 0 Å². The van der Waals surface area contributed by atoms with Crippen molar-refractivity contribution in [1.82, 2.24) is 4.90 Å². The molecule has 21 heavy (non-hydrogen) atoms. The Morgan fingerprint density at radius 2 is 1.57 bits per heavy atom. The summed E-state index contributed by atoms with van der Waals surface area (Å²) in [6.45, 7) is 12.2. The van der Waals surface area contributed by atoms with Crippen LogP contribution in [0.25, 0.3) is 0 Å². The topological polar surface area (TPSA) is 40.5 Å². The summed E-state index contributed by atoms with van der Waals surface area (Å²) in [6.07, 6.45) is 2.48. The first-order chi connectivity index (χ1) is 9.92. The van der Waals surface area contributed by atoms with E-state index in [1.54, 1.807) is 17.0 Å². The summed E-state index contributed by atoms with van der Waals surface area (Å²) in [5.41, 5.74) is 1.07. The van der Waals surface area contributed by atoms with Crippen LogP contribution in [-0.2, 0) is 11.2 Å². The molecule has 0 radical (unpaired) electrons. The number of hydrogen-bond acceptors (Lipinski definition) is 2. The molecule has 0 fully saturated rings. The van der Waals surface area contributed by atoms with Crippen molar-refractivity contribution in [2.45, 2.75) is 66.8 Å². The maximum atomic E-state index is 11.7. The molecule has 0 aromatic heterocycles. The third kappa shape index (κ3) is 10.9. The third-order valence-corrected chi connectivity index (χ3v) is 2.73. The number of phenols is 1. The Balaban J connectivity index is 0. The van der Waals surface area contributed by atoms with Crippen molar-refractivity contribution in [3.05, 3.63) is 29.8 Å². The van der Waals surface area contributed by atoms with Crippen LogP contribution in [0.3, 0.4) is 0 Å². The van der Waals surface area contributed by atoms with Crippen LogP contribution in [-0.4, -0.2) is 29.0 Å². The zero-order chi connectivity index (χ0) is 16.8. The highest BCUT2D eigenvalue weighted by atomic mass is 16.3. The van der Waals surface area contributed by atoms with Gasteiger partial charge in [-0.05, 0) is 38.0 Å². The fourth-order valence-corrected chi connectivity index (χ4v) is 1.38. The van der Waals surface area contributed by atoms with Gasteiger partial charge in [0.1, 0.15) is 5.75 Å². The van der Waals surface area contributed by atoms with Crippen molar-refractivity contribution in [1.29, 1.82) is 0 Å². The molecule has 0 bridgehead atoms. The lowest BCUT2D eigenvalue weighted by molar-refractivity contribution is -0.131. The van der Waals surface area contributed by atoms with Gasteiger partial charge in [-0.3, -0.25) is 4.79 Å². The van der Waals surface area contributed by atoms with Gasteiger partial charge in [-0.1, -0.05) is 46.2 Å². The number of carbonyl (C=O) groups is 1. The highest BCUT2D eigenvalue weighted by Crippen LogP contribution is 2.11. The van der Waals surface area contributed by atoms with Crippen molar-refractivity contribution in [3.8, 4) is 5.75 Å². The van der Waals surface area contributed by atoms with Gasteiger partial charge in [0.2, 0.25) is 5.91 Å². The number of hydrogen-bond donors (Lipinski definition) is 1. The normalized spacial score (nSPS) is 9.14. The van der Waals surface area contributed by atoms with Crippen LogP contribution >= 0.6 is 0 Å². The van der Waals surface area contributed by atoms with Crippen molar-refractivity contribution >= 4 is 5.91 Å². The molecule has 122 valence electrons. The van der Waals surface area contributed by atoms with Gasteiger partial charge in [-0.2, -0.15) is 0 Å². The van der Waals surface area contributed by atoms with Crippen LogP contribution in [0.15, 0.2) is 24.3 Å². The molecule has 0 aliphatic rings. The first kappa shape index (κ1) is 21.8. The lowest BCUT2D eigenvalue weighted by Gasteiger charge is -2.21. The number of amides is 1. The zero-order valence-corrected chi connectivity index (χ0v) is 14.8. The predicted molar refractivity (Wildman–Crippen MR) is 91.6 cm³/mol. The molecule has 0 unspecified atom stereocenters. The van der Waals surface area contributed by atoms with Gasteiger partial charge in [-0.15, -0.1) is 0 Å². The van der Waals surface area contributed by atoms with E-state index in [2.05, 4.69) is 13.8 Å².